The normalized spacial score (nSPS) is 14.0. The second-order valence-corrected chi connectivity index (χ2v) is 7.70. The monoisotopic (exact) mass is 388 g/mol. The van der Waals surface area contributed by atoms with Crippen LogP contribution in [0.5, 0.6) is 11.5 Å². The Bertz CT molecular complexity index is 953. The van der Waals surface area contributed by atoms with E-state index in [-0.39, 0.29) is 10.8 Å². The van der Waals surface area contributed by atoms with Crippen LogP contribution in [-0.2, 0) is 14.8 Å². The third kappa shape index (κ3) is 4.87. The van der Waals surface area contributed by atoms with Crippen molar-refractivity contribution in [3.05, 3.63) is 54.1 Å². The lowest BCUT2D eigenvalue weighted by Crippen LogP contribution is -2.18. The number of carbonyl (C=O) groups is 1. The van der Waals surface area contributed by atoms with E-state index in [1.54, 1.807) is 6.08 Å². The number of rotatable bonds is 5. The van der Waals surface area contributed by atoms with E-state index in [9.17, 15) is 13.2 Å². The molecule has 1 aliphatic heterocycles. The molecule has 8 heteroatoms. The molecule has 0 atom stereocenters. The Morgan fingerprint density at radius 3 is 2.44 bits per heavy atom. The van der Waals surface area contributed by atoms with Gasteiger partial charge in [0.05, 0.1) is 18.1 Å². The van der Waals surface area contributed by atoms with Crippen molar-refractivity contribution in [2.75, 3.05) is 25.6 Å². The summed E-state index contributed by atoms with van der Waals surface area (Å²) in [5.74, 6) is 1.04. The van der Waals surface area contributed by atoms with Crippen molar-refractivity contribution in [3.63, 3.8) is 0 Å². The number of carbonyl (C=O) groups excluding carboxylic acids is 1. The summed E-state index contributed by atoms with van der Waals surface area (Å²) in [5, 5.41) is 2.68. The van der Waals surface area contributed by atoms with Crippen LogP contribution in [0.25, 0.3) is 6.08 Å². The highest BCUT2D eigenvalue weighted by molar-refractivity contribution is 7.89. The molecule has 27 heavy (non-hydrogen) atoms. The average Bonchev–Trinajstić information content (AvgIpc) is 2.91. The van der Waals surface area contributed by atoms with Crippen molar-refractivity contribution >= 4 is 27.7 Å². The summed E-state index contributed by atoms with van der Waals surface area (Å²) in [7, 11) is -2.16. The standard InChI is InChI=1S/C19H20N2O5S/c1-20-27(23,24)16-7-5-15(6-8-16)21-19(22)10-4-14-3-9-17-18(13-14)26-12-2-11-25-17/h3-10,13,20H,2,11-12H2,1H3,(H,21,22). The third-order valence-electron chi connectivity index (χ3n) is 3.90. The number of sulfonamides is 1. The highest BCUT2D eigenvalue weighted by atomic mass is 32.2. The fourth-order valence-electron chi connectivity index (χ4n) is 2.47. The zero-order valence-electron chi connectivity index (χ0n) is 14.8. The minimum Gasteiger partial charge on any atom is -0.490 e. The molecule has 0 saturated carbocycles. The van der Waals surface area contributed by atoms with Crippen molar-refractivity contribution in [3.8, 4) is 11.5 Å². The minimum atomic E-state index is -3.50. The summed E-state index contributed by atoms with van der Waals surface area (Å²) in [4.78, 5) is 12.2. The van der Waals surface area contributed by atoms with Crippen LogP contribution in [-0.4, -0.2) is 34.6 Å². The maximum Gasteiger partial charge on any atom is 0.248 e. The highest BCUT2D eigenvalue weighted by Crippen LogP contribution is 2.30. The van der Waals surface area contributed by atoms with Crippen LogP contribution in [0, 0.1) is 0 Å². The molecule has 1 aliphatic rings. The van der Waals surface area contributed by atoms with Gasteiger partial charge in [0.2, 0.25) is 15.9 Å². The fraction of sp³-hybridized carbons (Fsp3) is 0.211. The predicted octanol–water partition coefficient (Wildman–Crippen LogP) is 2.41. The molecule has 2 aromatic rings. The molecule has 142 valence electrons. The Hall–Kier alpha value is -2.84. The number of benzene rings is 2. The summed E-state index contributed by atoms with van der Waals surface area (Å²) in [6.07, 6.45) is 3.90. The van der Waals surface area contributed by atoms with E-state index in [2.05, 4.69) is 10.0 Å². The Kier molecular flexibility index (Phi) is 5.78. The molecule has 2 aromatic carbocycles. The maximum atomic E-state index is 12.1. The minimum absolute atomic E-state index is 0.130. The van der Waals surface area contributed by atoms with E-state index in [0.29, 0.717) is 30.4 Å². The lowest BCUT2D eigenvalue weighted by atomic mass is 10.2. The Balaban J connectivity index is 1.64. The van der Waals surface area contributed by atoms with Gasteiger partial charge in [-0.2, -0.15) is 0 Å². The largest absolute Gasteiger partial charge is 0.490 e. The van der Waals surface area contributed by atoms with Gasteiger partial charge in [0.25, 0.3) is 0 Å². The number of amides is 1. The first-order chi connectivity index (χ1) is 13.0. The fourth-order valence-corrected chi connectivity index (χ4v) is 3.20. The predicted molar refractivity (Wildman–Crippen MR) is 102 cm³/mol. The number of fused-ring (bicyclic) bond motifs is 1. The highest BCUT2D eigenvalue weighted by Gasteiger charge is 2.11. The molecule has 0 unspecified atom stereocenters. The summed E-state index contributed by atoms with van der Waals surface area (Å²) in [5.41, 5.74) is 1.31. The van der Waals surface area contributed by atoms with Gasteiger partial charge in [0, 0.05) is 18.2 Å². The Morgan fingerprint density at radius 2 is 1.74 bits per heavy atom. The molecule has 0 radical (unpaired) electrons. The molecular formula is C19H20N2O5S. The second-order valence-electron chi connectivity index (χ2n) is 5.81. The van der Waals surface area contributed by atoms with Gasteiger partial charge in [-0.1, -0.05) is 6.07 Å². The first kappa shape index (κ1) is 18.9. The van der Waals surface area contributed by atoms with Crippen LogP contribution in [0.15, 0.2) is 53.4 Å². The van der Waals surface area contributed by atoms with Crippen LogP contribution in [0.4, 0.5) is 5.69 Å². The van der Waals surface area contributed by atoms with Crippen molar-refractivity contribution in [1.82, 2.24) is 4.72 Å². The molecule has 0 bridgehead atoms. The Labute approximate surface area is 158 Å². The van der Waals surface area contributed by atoms with Gasteiger partial charge in [0.15, 0.2) is 11.5 Å². The van der Waals surface area contributed by atoms with Crippen LogP contribution in [0.2, 0.25) is 0 Å². The SMILES string of the molecule is CNS(=O)(=O)c1ccc(NC(=O)C=Cc2ccc3c(c2)OCCCO3)cc1. The van der Waals surface area contributed by atoms with Crippen LogP contribution in [0.1, 0.15) is 12.0 Å². The molecule has 1 amide bonds. The van der Waals surface area contributed by atoms with Crippen molar-refractivity contribution in [2.24, 2.45) is 0 Å². The molecule has 0 aromatic heterocycles. The molecule has 2 N–H and O–H groups in total. The quantitative estimate of drug-likeness (QED) is 0.767. The zero-order valence-corrected chi connectivity index (χ0v) is 15.6. The smallest absolute Gasteiger partial charge is 0.248 e. The second kappa shape index (κ2) is 8.24. The van der Waals surface area contributed by atoms with E-state index < -0.39 is 10.0 Å². The summed E-state index contributed by atoms with van der Waals surface area (Å²) in [6, 6.07) is 11.4. The van der Waals surface area contributed by atoms with Crippen LogP contribution in [0.3, 0.4) is 0 Å². The van der Waals surface area contributed by atoms with Gasteiger partial charge < -0.3 is 14.8 Å². The van der Waals surface area contributed by atoms with Gasteiger partial charge in [-0.15, -0.1) is 0 Å². The number of ether oxygens (including phenoxy) is 2. The first-order valence-electron chi connectivity index (χ1n) is 8.40. The van der Waals surface area contributed by atoms with Crippen molar-refractivity contribution < 1.29 is 22.7 Å². The van der Waals surface area contributed by atoms with E-state index in [1.807, 2.05) is 18.2 Å². The number of nitrogens with one attached hydrogen (secondary N) is 2. The molecule has 1 heterocycles. The number of anilines is 1. The van der Waals surface area contributed by atoms with E-state index in [4.69, 9.17) is 9.47 Å². The zero-order chi connectivity index (χ0) is 19.3. The lowest BCUT2D eigenvalue weighted by molar-refractivity contribution is -0.111. The van der Waals surface area contributed by atoms with Crippen LogP contribution >= 0.6 is 0 Å². The third-order valence-corrected chi connectivity index (χ3v) is 5.33. The van der Waals surface area contributed by atoms with Crippen molar-refractivity contribution in [1.29, 1.82) is 0 Å². The topological polar surface area (TPSA) is 93.7 Å². The van der Waals surface area contributed by atoms with Crippen molar-refractivity contribution in [2.45, 2.75) is 11.3 Å². The van der Waals surface area contributed by atoms with Gasteiger partial charge in [-0.05, 0) is 55.1 Å². The van der Waals surface area contributed by atoms with E-state index in [0.717, 1.165) is 12.0 Å². The maximum absolute atomic E-state index is 12.1. The number of hydrogen-bond acceptors (Lipinski definition) is 5. The van der Waals surface area contributed by atoms with Gasteiger partial charge >= 0.3 is 0 Å². The summed E-state index contributed by atoms with van der Waals surface area (Å²) in [6.45, 7) is 1.22. The molecule has 7 nitrogen and oxygen atoms in total. The molecule has 0 aliphatic carbocycles. The summed E-state index contributed by atoms with van der Waals surface area (Å²) < 4.78 is 36.8. The van der Waals surface area contributed by atoms with E-state index >= 15 is 0 Å². The average molecular weight is 388 g/mol. The molecule has 0 fully saturated rings. The number of hydrogen-bond donors (Lipinski definition) is 2. The van der Waals surface area contributed by atoms with Crippen LogP contribution < -0.4 is 19.5 Å². The van der Waals surface area contributed by atoms with E-state index in [1.165, 1.54) is 37.4 Å². The summed E-state index contributed by atoms with van der Waals surface area (Å²) >= 11 is 0. The first-order valence-corrected chi connectivity index (χ1v) is 9.88. The van der Waals surface area contributed by atoms with Gasteiger partial charge in [-0.3, -0.25) is 4.79 Å². The molecule has 3 rings (SSSR count). The lowest BCUT2D eigenvalue weighted by Gasteiger charge is -2.07. The molecular weight excluding hydrogens is 368 g/mol. The Morgan fingerprint density at radius 1 is 1.04 bits per heavy atom. The van der Waals surface area contributed by atoms with Gasteiger partial charge in [0.1, 0.15) is 0 Å². The molecule has 0 spiro atoms. The molecule has 0 saturated heterocycles. The van der Waals surface area contributed by atoms with Gasteiger partial charge in [-0.25, -0.2) is 13.1 Å².